The molecule has 2 amide bonds. The van der Waals surface area contributed by atoms with Crippen LogP contribution in [0.5, 0.6) is 0 Å². The van der Waals surface area contributed by atoms with Crippen LogP contribution in [0.25, 0.3) is 0 Å². The van der Waals surface area contributed by atoms with Crippen LogP contribution in [0.3, 0.4) is 0 Å². The highest BCUT2D eigenvalue weighted by molar-refractivity contribution is 7.99. The van der Waals surface area contributed by atoms with E-state index in [0.717, 1.165) is 5.56 Å². The first-order valence-electron chi connectivity index (χ1n) is 9.16. The lowest BCUT2D eigenvalue weighted by Gasteiger charge is -2.06. The van der Waals surface area contributed by atoms with Crippen molar-refractivity contribution in [3.8, 4) is 0 Å². The van der Waals surface area contributed by atoms with Crippen LogP contribution < -0.4 is 10.6 Å². The van der Waals surface area contributed by atoms with E-state index in [9.17, 15) is 14.4 Å². The second kappa shape index (κ2) is 9.80. The Balaban J connectivity index is 1.49. The van der Waals surface area contributed by atoms with Gasteiger partial charge in [0.05, 0.1) is 5.75 Å². The van der Waals surface area contributed by atoms with Crippen molar-refractivity contribution in [2.24, 2.45) is 0 Å². The molecule has 0 radical (unpaired) electrons. The highest BCUT2D eigenvalue weighted by Gasteiger charge is 2.09. The number of aromatic nitrogens is 2. The molecule has 0 unspecified atom stereocenters. The Morgan fingerprint density at radius 2 is 1.50 bits per heavy atom. The zero-order chi connectivity index (χ0) is 21.5. The van der Waals surface area contributed by atoms with Crippen molar-refractivity contribution in [1.82, 2.24) is 10.2 Å². The largest absolute Gasteiger partial charge is 0.325 e. The van der Waals surface area contributed by atoms with Gasteiger partial charge in [-0.05, 0) is 62.4 Å². The third kappa shape index (κ3) is 5.99. The Morgan fingerprint density at radius 1 is 0.833 bits per heavy atom. The van der Waals surface area contributed by atoms with Gasteiger partial charge < -0.3 is 10.6 Å². The average Bonchev–Trinajstić information content (AvgIpc) is 2.74. The minimum Gasteiger partial charge on any atom is -0.325 e. The van der Waals surface area contributed by atoms with Gasteiger partial charge in [-0.2, -0.15) is 0 Å². The van der Waals surface area contributed by atoms with Crippen LogP contribution in [-0.4, -0.2) is 33.5 Å². The van der Waals surface area contributed by atoms with E-state index >= 15 is 0 Å². The van der Waals surface area contributed by atoms with Gasteiger partial charge in [-0.1, -0.05) is 29.5 Å². The lowest BCUT2D eigenvalue weighted by molar-refractivity contribution is -0.113. The number of ketones is 1. The zero-order valence-electron chi connectivity index (χ0n) is 16.5. The molecular weight excluding hydrogens is 400 g/mol. The fourth-order valence-electron chi connectivity index (χ4n) is 2.48. The number of hydrogen-bond donors (Lipinski definition) is 2. The number of aryl methyl sites for hydroxylation is 1. The number of carbonyl (C=O) groups is 3. The van der Waals surface area contributed by atoms with Gasteiger partial charge in [0.15, 0.2) is 11.6 Å². The molecule has 30 heavy (non-hydrogen) atoms. The summed E-state index contributed by atoms with van der Waals surface area (Å²) in [5, 5.41) is 14.0. The minimum absolute atomic E-state index is 0.0273. The number of hydrogen-bond acceptors (Lipinski definition) is 6. The summed E-state index contributed by atoms with van der Waals surface area (Å²) in [5.41, 5.74) is 2.82. The van der Waals surface area contributed by atoms with E-state index in [0.29, 0.717) is 27.7 Å². The lowest BCUT2D eigenvalue weighted by atomic mass is 10.1. The average molecular weight is 420 g/mol. The van der Waals surface area contributed by atoms with E-state index in [2.05, 4.69) is 20.8 Å². The summed E-state index contributed by atoms with van der Waals surface area (Å²) in [5.74, 6) is -0.00692. The van der Waals surface area contributed by atoms with Gasteiger partial charge in [0.25, 0.3) is 5.91 Å². The van der Waals surface area contributed by atoms with Crippen LogP contribution in [-0.2, 0) is 4.79 Å². The fourth-order valence-corrected chi connectivity index (χ4v) is 3.10. The van der Waals surface area contributed by atoms with Crippen molar-refractivity contribution in [3.63, 3.8) is 0 Å². The van der Waals surface area contributed by atoms with Gasteiger partial charge in [-0.3, -0.25) is 14.4 Å². The Labute approximate surface area is 178 Å². The van der Waals surface area contributed by atoms with Gasteiger partial charge >= 0.3 is 0 Å². The standard InChI is InChI=1S/C22H20N4O3S/c1-14-3-5-17(6-4-14)22(29)24-19-11-12-21(26-25-19)30-13-20(28)23-18-9-7-16(8-10-18)15(2)27/h3-12H,13H2,1-2H3,(H,23,28)(H,24,25,29). The molecule has 1 aromatic heterocycles. The first-order chi connectivity index (χ1) is 14.4. The molecule has 0 bridgehead atoms. The molecular formula is C22H20N4O3S. The molecule has 0 saturated carbocycles. The van der Waals surface area contributed by atoms with Gasteiger partial charge in [-0.25, -0.2) is 0 Å². The predicted molar refractivity (Wildman–Crippen MR) is 117 cm³/mol. The first-order valence-corrected chi connectivity index (χ1v) is 10.1. The first kappa shape index (κ1) is 21.2. The van der Waals surface area contributed by atoms with Crippen LogP contribution in [0.15, 0.2) is 65.7 Å². The number of rotatable bonds is 7. The topological polar surface area (TPSA) is 101 Å². The van der Waals surface area contributed by atoms with Crippen LogP contribution >= 0.6 is 11.8 Å². The van der Waals surface area contributed by atoms with Gasteiger partial charge in [-0.15, -0.1) is 10.2 Å². The SMILES string of the molecule is CC(=O)c1ccc(NC(=O)CSc2ccc(NC(=O)c3ccc(C)cc3)nn2)cc1. The molecule has 0 aliphatic heterocycles. The molecule has 1 heterocycles. The second-order valence-corrected chi connectivity index (χ2v) is 7.54. The molecule has 2 aromatic carbocycles. The van der Waals surface area contributed by atoms with Crippen LogP contribution in [0, 0.1) is 6.92 Å². The summed E-state index contributed by atoms with van der Waals surface area (Å²) in [6.07, 6.45) is 0. The highest BCUT2D eigenvalue weighted by Crippen LogP contribution is 2.17. The highest BCUT2D eigenvalue weighted by atomic mass is 32.2. The van der Waals surface area contributed by atoms with E-state index in [1.165, 1.54) is 18.7 Å². The summed E-state index contributed by atoms with van der Waals surface area (Å²) in [6, 6.07) is 17.3. The molecule has 0 fully saturated rings. The maximum Gasteiger partial charge on any atom is 0.256 e. The van der Waals surface area contributed by atoms with E-state index in [-0.39, 0.29) is 23.4 Å². The number of carbonyl (C=O) groups excluding carboxylic acids is 3. The smallest absolute Gasteiger partial charge is 0.256 e. The number of benzene rings is 2. The second-order valence-electron chi connectivity index (χ2n) is 6.55. The lowest BCUT2D eigenvalue weighted by Crippen LogP contribution is -2.15. The predicted octanol–water partition coefficient (Wildman–Crippen LogP) is 3.97. The van der Waals surface area contributed by atoms with Crippen molar-refractivity contribution in [1.29, 1.82) is 0 Å². The molecule has 0 saturated heterocycles. The number of anilines is 2. The maximum atomic E-state index is 12.2. The molecule has 152 valence electrons. The summed E-state index contributed by atoms with van der Waals surface area (Å²) < 4.78 is 0. The van der Waals surface area contributed by atoms with Crippen LogP contribution in [0.1, 0.15) is 33.2 Å². The molecule has 0 spiro atoms. The summed E-state index contributed by atoms with van der Waals surface area (Å²) >= 11 is 1.23. The number of amides is 2. The minimum atomic E-state index is -0.264. The van der Waals surface area contributed by atoms with Gasteiger partial charge in [0.2, 0.25) is 5.91 Å². The van der Waals surface area contributed by atoms with Gasteiger partial charge in [0.1, 0.15) is 5.03 Å². The molecule has 8 heteroatoms. The zero-order valence-corrected chi connectivity index (χ0v) is 17.3. The third-order valence-electron chi connectivity index (χ3n) is 4.12. The van der Waals surface area contributed by atoms with E-state index in [4.69, 9.17) is 0 Å². The molecule has 3 rings (SSSR count). The molecule has 3 aromatic rings. The molecule has 7 nitrogen and oxygen atoms in total. The summed E-state index contributed by atoms with van der Waals surface area (Å²) in [4.78, 5) is 35.6. The Bertz CT molecular complexity index is 1050. The van der Waals surface area contributed by atoms with Crippen molar-refractivity contribution in [2.75, 3.05) is 16.4 Å². The van der Waals surface area contributed by atoms with Crippen LogP contribution in [0.4, 0.5) is 11.5 Å². The number of Topliss-reactive ketones (excluding diaryl/α,β-unsaturated/α-hetero) is 1. The fraction of sp³-hybridized carbons (Fsp3) is 0.136. The monoisotopic (exact) mass is 420 g/mol. The molecule has 0 atom stereocenters. The van der Waals surface area contributed by atoms with Crippen molar-refractivity contribution in [3.05, 3.63) is 77.4 Å². The van der Waals surface area contributed by atoms with Crippen LogP contribution in [0.2, 0.25) is 0 Å². The Morgan fingerprint density at radius 3 is 2.10 bits per heavy atom. The number of nitrogens with one attached hydrogen (secondary N) is 2. The van der Waals surface area contributed by atoms with E-state index in [1.807, 2.05) is 19.1 Å². The Hall–Kier alpha value is -3.52. The molecule has 0 aliphatic rings. The summed E-state index contributed by atoms with van der Waals surface area (Å²) in [6.45, 7) is 3.44. The number of nitrogens with zero attached hydrogens (tertiary/aromatic N) is 2. The van der Waals surface area contributed by atoms with Crippen molar-refractivity contribution >= 4 is 40.9 Å². The van der Waals surface area contributed by atoms with E-state index < -0.39 is 0 Å². The quantitative estimate of drug-likeness (QED) is 0.443. The Kier molecular flexibility index (Phi) is 6.92. The van der Waals surface area contributed by atoms with E-state index in [1.54, 1.807) is 48.5 Å². The van der Waals surface area contributed by atoms with Crippen molar-refractivity contribution in [2.45, 2.75) is 18.9 Å². The normalized spacial score (nSPS) is 10.3. The molecule has 0 aliphatic carbocycles. The molecule has 2 N–H and O–H groups in total. The number of thioether (sulfide) groups is 1. The third-order valence-corrected chi connectivity index (χ3v) is 5.04. The van der Waals surface area contributed by atoms with Gasteiger partial charge in [0, 0.05) is 16.8 Å². The van der Waals surface area contributed by atoms with Crippen molar-refractivity contribution < 1.29 is 14.4 Å². The maximum absolute atomic E-state index is 12.2. The summed E-state index contributed by atoms with van der Waals surface area (Å²) in [7, 11) is 0.